The summed E-state index contributed by atoms with van der Waals surface area (Å²) >= 11 is 1.76. The Labute approximate surface area is 77.7 Å². The molecule has 0 spiro atoms. The van der Waals surface area contributed by atoms with E-state index in [1.54, 1.807) is 11.3 Å². The molecule has 1 unspecified atom stereocenters. The monoisotopic (exact) mass is 179 g/mol. The van der Waals surface area contributed by atoms with Crippen LogP contribution in [0, 0.1) is 11.3 Å². The highest BCUT2D eigenvalue weighted by molar-refractivity contribution is 7.10. The van der Waals surface area contributed by atoms with Crippen LogP contribution in [0.5, 0.6) is 0 Å². The largest absolute Gasteiger partial charge is 0.198 e. The summed E-state index contributed by atoms with van der Waals surface area (Å²) in [5.74, 6) is 0.472. The number of nitriles is 1. The maximum absolute atomic E-state index is 8.62. The molecule has 64 valence electrons. The van der Waals surface area contributed by atoms with E-state index in [2.05, 4.69) is 30.5 Å². The average molecular weight is 179 g/mol. The number of hydrogen-bond donors (Lipinski definition) is 0. The molecule has 1 aromatic heterocycles. The third-order valence-electron chi connectivity index (χ3n) is 1.92. The second kappa shape index (κ2) is 4.95. The minimum atomic E-state index is 0.472. The van der Waals surface area contributed by atoms with Crippen LogP contribution >= 0.6 is 11.3 Å². The number of rotatable bonds is 4. The van der Waals surface area contributed by atoms with Crippen LogP contribution in [0.1, 0.15) is 37.0 Å². The Hall–Kier alpha value is -0.810. The lowest BCUT2D eigenvalue weighted by molar-refractivity contribution is 0.635. The van der Waals surface area contributed by atoms with E-state index in [1.807, 2.05) is 0 Å². The van der Waals surface area contributed by atoms with Crippen LogP contribution in [0.15, 0.2) is 17.5 Å². The van der Waals surface area contributed by atoms with Gasteiger partial charge in [0, 0.05) is 17.2 Å². The Morgan fingerprint density at radius 2 is 2.50 bits per heavy atom. The van der Waals surface area contributed by atoms with E-state index in [4.69, 9.17) is 5.26 Å². The molecule has 0 aliphatic rings. The molecule has 0 aromatic carbocycles. The number of hydrogen-bond acceptors (Lipinski definition) is 2. The van der Waals surface area contributed by atoms with E-state index in [0.29, 0.717) is 12.3 Å². The van der Waals surface area contributed by atoms with Crippen molar-refractivity contribution in [3.63, 3.8) is 0 Å². The molecular formula is C10H13NS. The second-order valence-electron chi connectivity index (χ2n) is 2.86. The first-order valence-electron chi connectivity index (χ1n) is 4.28. The first-order chi connectivity index (χ1) is 5.88. The summed E-state index contributed by atoms with van der Waals surface area (Å²) in [4.78, 5) is 1.36. The zero-order valence-electron chi connectivity index (χ0n) is 7.29. The van der Waals surface area contributed by atoms with Gasteiger partial charge in [0.05, 0.1) is 6.07 Å². The van der Waals surface area contributed by atoms with Gasteiger partial charge < -0.3 is 0 Å². The van der Waals surface area contributed by atoms with Crippen LogP contribution < -0.4 is 0 Å². The molecule has 12 heavy (non-hydrogen) atoms. The quantitative estimate of drug-likeness (QED) is 0.693. The van der Waals surface area contributed by atoms with Crippen LogP contribution in [0.2, 0.25) is 0 Å². The van der Waals surface area contributed by atoms with Crippen LogP contribution in [0.25, 0.3) is 0 Å². The summed E-state index contributed by atoms with van der Waals surface area (Å²) in [6, 6.07) is 6.43. The second-order valence-corrected chi connectivity index (χ2v) is 3.84. The van der Waals surface area contributed by atoms with Gasteiger partial charge in [0.2, 0.25) is 0 Å². The maximum atomic E-state index is 8.62. The van der Waals surface area contributed by atoms with Gasteiger partial charge in [-0.1, -0.05) is 19.4 Å². The molecule has 1 rings (SSSR count). The van der Waals surface area contributed by atoms with Crippen molar-refractivity contribution >= 4 is 11.3 Å². The highest BCUT2D eigenvalue weighted by Crippen LogP contribution is 2.27. The topological polar surface area (TPSA) is 23.8 Å². The summed E-state index contributed by atoms with van der Waals surface area (Å²) in [6.07, 6.45) is 2.95. The Kier molecular flexibility index (Phi) is 3.83. The van der Waals surface area contributed by atoms with Crippen molar-refractivity contribution < 1.29 is 0 Å². The number of thiophene rings is 1. The van der Waals surface area contributed by atoms with Crippen LogP contribution in [-0.2, 0) is 0 Å². The van der Waals surface area contributed by atoms with Crippen molar-refractivity contribution in [1.29, 1.82) is 5.26 Å². The molecule has 0 radical (unpaired) electrons. The molecule has 1 heterocycles. The SMILES string of the molecule is CCCC(CC#N)c1cccs1. The minimum Gasteiger partial charge on any atom is -0.198 e. The normalized spacial score (nSPS) is 12.3. The first-order valence-corrected chi connectivity index (χ1v) is 5.16. The lowest BCUT2D eigenvalue weighted by Gasteiger charge is -2.08. The predicted molar refractivity (Wildman–Crippen MR) is 52.2 cm³/mol. The lowest BCUT2D eigenvalue weighted by atomic mass is 9.99. The summed E-state index contributed by atoms with van der Waals surface area (Å²) in [5, 5.41) is 10.7. The highest BCUT2D eigenvalue weighted by Gasteiger charge is 2.10. The number of nitrogens with zero attached hydrogens (tertiary/aromatic N) is 1. The molecular weight excluding hydrogens is 166 g/mol. The van der Waals surface area contributed by atoms with Gasteiger partial charge >= 0.3 is 0 Å². The molecule has 0 amide bonds. The summed E-state index contributed by atoms with van der Waals surface area (Å²) in [6.45, 7) is 2.16. The molecule has 0 aliphatic heterocycles. The third-order valence-corrected chi connectivity index (χ3v) is 2.96. The van der Waals surface area contributed by atoms with E-state index in [1.165, 1.54) is 4.88 Å². The summed E-state index contributed by atoms with van der Waals surface area (Å²) in [5.41, 5.74) is 0. The van der Waals surface area contributed by atoms with Gasteiger partial charge in [-0.3, -0.25) is 0 Å². The highest BCUT2D eigenvalue weighted by atomic mass is 32.1. The Morgan fingerprint density at radius 3 is 3.00 bits per heavy atom. The van der Waals surface area contributed by atoms with Crippen molar-refractivity contribution in [2.24, 2.45) is 0 Å². The van der Waals surface area contributed by atoms with Gasteiger partial charge in [-0.05, 0) is 17.9 Å². The first kappa shape index (κ1) is 9.28. The minimum absolute atomic E-state index is 0.472. The van der Waals surface area contributed by atoms with E-state index in [9.17, 15) is 0 Å². The molecule has 1 aromatic rings. The maximum Gasteiger partial charge on any atom is 0.0628 e. The molecule has 0 saturated carbocycles. The Bertz CT molecular complexity index is 245. The summed E-state index contributed by atoms with van der Waals surface area (Å²) < 4.78 is 0. The van der Waals surface area contributed by atoms with Crippen LogP contribution in [0.4, 0.5) is 0 Å². The van der Waals surface area contributed by atoms with Crippen LogP contribution in [0.3, 0.4) is 0 Å². The smallest absolute Gasteiger partial charge is 0.0628 e. The molecule has 0 fully saturated rings. The van der Waals surface area contributed by atoms with E-state index < -0.39 is 0 Å². The fourth-order valence-electron chi connectivity index (χ4n) is 1.33. The van der Waals surface area contributed by atoms with Crippen LogP contribution in [-0.4, -0.2) is 0 Å². The molecule has 2 heteroatoms. The molecule has 1 atom stereocenters. The molecule has 0 saturated heterocycles. The molecule has 0 aliphatic carbocycles. The Morgan fingerprint density at radius 1 is 1.67 bits per heavy atom. The third kappa shape index (κ3) is 2.35. The zero-order chi connectivity index (χ0) is 8.81. The fraction of sp³-hybridized carbons (Fsp3) is 0.500. The van der Waals surface area contributed by atoms with Gasteiger partial charge in [-0.25, -0.2) is 0 Å². The van der Waals surface area contributed by atoms with Gasteiger partial charge in [0.1, 0.15) is 0 Å². The van der Waals surface area contributed by atoms with Gasteiger partial charge in [-0.15, -0.1) is 11.3 Å². The van der Waals surface area contributed by atoms with Crippen molar-refractivity contribution in [1.82, 2.24) is 0 Å². The lowest BCUT2D eigenvalue weighted by Crippen LogP contribution is -1.93. The van der Waals surface area contributed by atoms with E-state index in [0.717, 1.165) is 12.8 Å². The van der Waals surface area contributed by atoms with Crippen molar-refractivity contribution in [3.8, 4) is 6.07 Å². The van der Waals surface area contributed by atoms with Gasteiger partial charge in [-0.2, -0.15) is 5.26 Å². The van der Waals surface area contributed by atoms with E-state index >= 15 is 0 Å². The van der Waals surface area contributed by atoms with E-state index in [-0.39, 0.29) is 0 Å². The van der Waals surface area contributed by atoms with Crippen molar-refractivity contribution in [2.45, 2.75) is 32.1 Å². The summed E-state index contributed by atoms with van der Waals surface area (Å²) in [7, 11) is 0. The van der Waals surface area contributed by atoms with Crippen molar-refractivity contribution in [2.75, 3.05) is 0 Å². The molecule has 0 N–H and O–H groups in total. The predicted octanol–water partition coefficient (Wildman–Crippen LogP) is 3.55. The van der Waals surface area contributed by atoms with Crippen molar-refractivity contribution in [3.05, 3.63) is 22.4 Å². The average Bonchev–Trinajstić information content (AvgIpc) is 2.56. The standard InChI is InChI=1S/C10H13NS/c1-2-4-9(6-7-11)10-5-3-8-12-10/h3,5,8-9H,2,4,6H2,1H3. The molecule has 0 bridgehead atoms. The molecule has 1 nitrogen and oxygen atoms in total. The Balaban J connectivity index is 2.61. The zero-order valence-corrected chi connectivity index (χ0v) is 8.10. The fourth-order valence-corrected chi connectivity index (χ4v) is 2.19. The van der Waals surface area contributed by atoms with Gasteiger partial charge in [0.15, 0.2) is 0 Å². The van der Waals surface area contributed by atoms with Gasteiger partial charge in [0.25, 0.3) is 0 Å².